The van der Waals surface area contributed by atoms with Crippen molar-refractivity contribution in [3.05, 3.63) is 144 Å². The molecule has 4 heteroatoms. The molecule has 0 aromatic heterocycles. The van der Waals surface area contributed by atoms with Gasteiger partial charge in [0.1, 0.15) is 6.04 Å². The molecule has 190 valence electrons. The Morgan fingerprint density at radius 2 is 0.946 bits per heavy atom. The van der Waals surface area contributed by atoms with Gasteiger partial charge in [0.05, 0.1) is 6.61 Å². The second-order valence-electron chi connectivity index (χ2n) is 9.28. The maximum atomic E-state index is 13.5. The fourth-order valence-corrected chi connectivity index (χ4v) is 4.60. The third-order valence-corrected chi connectivity index (χ3v) is 6.39. The minimum atomic E-state index is -0.423. The molecule has 0 amide bonds. The summed E-state index contributed by atoms with van der Waals surface area (Å²) in [5.41, 5.74) is 4.79. The van der Waals surface area contributed by atoms with Crippen LogP contribution < -0.4 is 0 Å². The number of hydrogen-bond donors (Lipinski definition) is 0. The van der Waals surface area contributed by atoms with E-state index >= 15 is 0 Å². The van der Waals surface area contributed by atoms with Crippen molar-refractivity contribution in [3.63, 3.8) is 0 Å². The Hall–Kier alpha value is -3.73. The Kier molecular flexibility index (Phi) is 10.1. The van der Waals surface area contributed by atoms with Gasteiger partial charge in [0, 0.05) is 32.7 Å². The predicted molar refractivity (Wildman–Crippen MR) is 150 cm³/mol. The van der Waals surface area contributed by atoms with E-state index in [0.29, 0.717) is 26.2 Å². The van der Waals surface area contributed by atoms with E-state index in [1.165, 1.54) is 22.3 Å². The molecule has 1 atom stereocenters. The van der Waals surface area contributed by atoms with Gasteiger partial charge >= 0.3 is 5.97 Å². The van der Waals surface area contributed by atoms with Crippen LogP contribution in [-0.2, 0) is 35.7 Å². The van der Waals surface area contributed by atoms with Gasteiger partial charge in [0.15, 0.2) is 0 Å². The lowest BCUT2D eigenvalue weighted by Crippen LogP contribution is -2.48. The number of hydrogen-bond acceptors (Lipinski definition) is 4. The van der Waals surface area contributed by atoms with E-state index in [4.69, 9.17) is 4.74 Å². The highest BCUT2D eigenvalue weighted by Crippen LogP contribution is 2.19. The highest BCUT2D eigenvalue weighted by Gasteiger charge is 2.30. The monoisotopic (exact) mass is 492 g/mol. The Bertz CT molecular complexity index is 1100. The van der Waals surface area contributed by atoms with Gasteiger partial charge in [-0.1, -0.05) is 121 Å². The average Bonchev–Trinajstić information content (AvgIpc) is 2.94. The highest BCUT2D eigenvalue weighted by molar-refractivity contribution is 5.76. The summed E-state index contributed by atoms with van der Waals surface area (Å²) < 4.78 is 5.65. The lowest BCUT2D eigenvalue weighted by Gasteiger charge is -2.34. The van der Waals surface area contributed by atoms with Gasteiger partial charge in [-0.15, -0.1) is 0 Å². The summed E-state index contributed by atoms with van der Waals surface area (Å²) in [6.07, 6.45) is 0. The number of esters is 1. The number of nitrogens with zero attached hydrogens (tertiary/aromatic N) is 2. The summed E-state index contributed by atoms with van der Waals surface area (Å²) in [5, 5.41) is 0. The van der Waals surface area contributed by atoms with Crippen LogP contribution in [0.3, 0.4) is 0 Å². The first-order valence-corrected chi connectivity index (χ1v) is 13.0. The zero-order chi connectivity index (χ0) is 25.7. The molecule has 0 saturated heterocycles. The van der Waals surface area contributed by atoms with E-state index in [9.17, 15) is 4.79 Å². The summed E-state index contributed by atoms with van der Waals surface area (Å²) in [6, 6.07) is 41.2. The minimum Gasteiger partial charge on any atom is -0.465 e. The van der Waals surface area contributed by atoms with E-state index in [2.05, 4.69) is 82.6 Å². The van der Waals surface area contributed by atoms with Gasteiger partial charge in [-0.25, -0.2) is 0 Å². The van der Waals surface area contributed by atoms with Crippen LogP contribution in [0.25, 0.3) is 0 Å². The SMILES string of the molecule is CCOC(=O)[C@H](CN(Cc1ccccc1)Cc1ccccc1)N(Cc1ccccc1)Cc1ccccc1. The molecule has 0 N–H and O–H groups in total. The largest absolute Gasteiger partial charge is 0.465 e. The van der Waals surface area contributed by atoms with Crippen molar-refractivity contribution in [2.75, 3.05) is 13.2 Å². The van der Waals surface area contributed by atoms with Crippen LogP contribution >= 0.6 is 0 Å². The van der Waals surface area contributed by atoms with Crippen LogP contribution in [0, 0.1) is 0 Å². The maximum Gasteiger partial charge on any atom is 0.324 e. The molecule has 0 spiro atoms. The van der Waals surface area contributed by atoms with Gasteiger partial charge in [-0.2, -0.15) is 0 Å². The van der Waals surface area contributed by atoms with Crippen molar-refractivity contribution in [2.24, 2.45) is 0 Å². The molecule has 4 nitrogen and oxygen atoms in total. The molecular weight excluding hydrogens is 456 g/mol. The number of carbonyl (C=O) groups is 1. The van der Waals surface area contributed by atoms with E-state index in [1.54, 1.807) is 0 Å². The zero-order valence-corrected chi connectivity index (χ0v) is 21.6. The normalized spacial score (nSPS) is 12.0. The molecule has 0 heterocycles. The Morgan fingerprint density at radius 3 is 1.30 bits per heavy atom. The lowest BCUT2D eigenvalue weighted by atomic mass is 10.1. The highest BCUT2D eigenvalue weighted by atomic mass is 16.5. The first-order chi connectivity index (χ1) is 18.2. The Labute approximate surface area is 221 Å². The molecule has 4 aromatic rings. The van der Waals surface area contributed by atoms with Gasteiger partial charge in [-0.05, 0) is 29.2 Å². The third-order valence-electron chi connectivity index (χ3n) is 6.39. The quantitative estimate of drug-likeness (QED) is 0.204. The molecule has 4 rings (SSSR count). The first-order valence-electron chi connectivity index (χ1n) is 13.0. The molecular formula is C33H36N2O2. The van der Waals surface area contributed by atoms with Crippen LogP contribution in [-0.4, -0.2) is 35.0 Å². The molecule has 0 fully saturated rings. The fraction of sp³-hybridized carbons (Fsp3) is 0.242. The summed E-state index contributed by atoms with van der Waals surface area (Å²) in [5.74, 6) is -0.180. The molecule has 0 saturated carbocycles. The smallest absolute Gasteiger partial charge is 0.324 e. The molecule has 4 aromatic carbocycles. The topological polar surface area (TPSA) is 32.8 Å². The van der Waals surface area contributed by atoms with Crippen molar-refractivity contribution in [1.29, 1.82) is 0 Å². The molecule has 0 radical (unpaired) electrons. The maximum absolute atomic E-state index is 13.5. The molecule has 0 aliphatic carbocycles. The van der Waals surface area contributed by atoms with Crippen molar-refractivity contribution < 1.29 is 9.53 Å². The van der Waals surface area contributed by atoms with Gasteiger partial charge in [0.2, 0.25) is 0 Å². The summed E-state index contributed by atoms with van der Waals surface area (Å²) >= 11 is 0. The van der Waals surface area contributed by atoms with Gasteiger partial charge in [-0.3, -0.25) is 14.6 Å². The zero-order valence-electron chi connectivity index (χ0n) is 21.6. The van der Waals surface area contributed by atoms with Gasteiger partial charge in [0.25, 0.3) is 0 Å². The summed E-state index contributed by atoms with van der Waals surface area (Å²) in [6.45, 7) is 5.60. The molecule has 0 aliphatic rings. The van der Waals surface area contributed by atoms with E-state index in [1.807, 2.05) is 55.5 Å². The predicted octanol–water partition coefficient (Wildman–Crippen LogP) is 6.32. The standard InChI is InChI=1S/C33H36N2O2/c1-2-37-33(36)32(35(25-30-19-11-5-12-20-30)26-31-21-13-6-14-22-31)27-34(23-28-15-7-3-8-16-28)24-29-17-9-4-10-18-29/h3-22,32H,2,23-27H2,1H3/t32-/m0/s1. The molecule has 0 unspecified atom stereocenters. The second kappa shape index (κ2) is 14.1. The first kappa shape index (κ1) is 26.3. The van der Waals surface area contributed by atoms with E-state index in [-0.39, 0.29) is 5.97 Å². The van der Waals surface area contributed by atoms with Crippen LogP contribution in [0.1, 0.15) is 29.2 Å². The minimum absolute atomic E-state index is 0.180. The second-order valence-corrected chi connectivity index (χ2v) is 9.28. The van der Waals surface area contributed by atoms with Crippen LogP contribution in [0.5, 0.6) is 0 Å². The van der Waals surface area contributed by atoms with Crippen LogP contribution in [0.15, 0.2) is 121 Å². The number of ether oxygens (including phenoxy) is 1. The number of carbonyl (C=O) groups excluding carboxylic acids is 1. The van der Waals surface area contributed by atoms with Crippen molar-refractivity contribution in [3.8, 4) is 0 Å². The number of benzene rings is 4. The molecule has 0 aliphatic heterocycles. The molecule has 0 bridgehead atoms. The fourth-order valence-electron chi connectivity index (χ4n) is 4.60. The molecule has 37 heavy (non-hydrogen) atoms. The Morgan fingerprint density at radius 1 is 0.595 bits per heavy atom. The van der Waals surface area contributed by atoms with E-state index < -0.39 is 6.04 Å². The third kappa shape index (κ3) is 8.42. The van der Waals surface area contributed by atoms with Crippen molar-refractivity contribution in [1.82, 2.24) is 9.80 Å². The average molecular weight is 493 g/mol. The number of rotatable bonds is 13. The van der Waals surface area contributed by atoms with Crippen molar-refractivity contribution >= 4 is 5.97 Å². The van der Waals surface area contributed by atoms with E-state index in [0.717, 1.165) is 13.1 Å². The van der Waals surface area contributed by atoms with Gasteiger partial charge < -0.3 is 4.74 Å². The van der Waals surface area contributed by atoms with Crippen LogP contribution in [0.4, 0.5) is 0 Å². The lowest BCUT2D eigenvalue weighted by molar-refractivity contribution is -0.151. The summed E-state index contributed by atoms with van der Waals surface area (Å²) in [4.78, 5) is 18.1. The van der Waals surface area contributed by atoms with Crippen LogP contribution in [0.2, 0.25) is 0 Å². The summed E-state index contributed by atoms with van der Waals surface area (Å²) in [7, 11) is 0. The van der Waals surface area contributed by atoms with Crippen molar-refractivity contribution in [2.45, 2.75) is 39.1 Å². The Balaban J connectivity index is 1.65.